The smallest absolute Gasteiger partial charge is 0.427 e. The molecule has 0 aromatic heterocycles. The van der Waals surface area contributed by atoms with E-state index in [1.165, 1.54) is 0 Å². The molecule has 5 N–H and O–H groups in total. The summed E-state index contributed by atoms with van der Waals surface area (Å²) >= 11 is 0. The van der Waals surface area contributed by atoms with E-state index in [4.69, 9.17) is 20.3 Å². The molecule has 0 aliphatic rings. The third-order valence-electron chi connectivity index (χ3n) is 2.35. The first-order valence-corrected chi connectivity index (χ1v) is 5.97. The van der Waals surface area contributed by atoms with Crippen LogP contribution in [0.15, 0.2) is 30.3 Å². The molecule has 5 nitrogen and oxygen atoms in total. The molecule has 0 spiro atoms. The van der Waals surface area contributed by atoms with Crippen LogP contribution in [0.5, 0.6) is 0 Å². The molecule has 0 fully saturated rings. The number of aliphatic hydroxyl groups excluding tert-OH is 2. The summed E-state index contributed by atoms with van der Waals surface area (Å²) in [6.07, 6.45) is 0. The molecule has 0 amide bonds. The van der Waals surface area contributed by atoms with Crippen molar-refractivity contribution in [3.63, 3.8) is 0 Å². The van der Waals surface area contributed by atoms with E-state index in [9.17, 15) is 0 Å². The molecule has 1 atom stereocenters. The molecule has 0 saturated heterocycles. The first-order chi connectivity index (χ1) is 8.63. The number of hydrogen-bond donors (Lipinski definition) is 5. The maximum absolute atomic E-state index is 8.83. The minimum absolute atomic E-state index is 0.139. The van der Waals surface area contributed by atoms with Crippen molar-refractivity contribution in [3.05, 3.63) is 35.9 Å². The van der Waals surface area contributed by atoms with Crippen LogP contribution in [-0.2, 0) is 0 Å². The topological polar surface area (TPSA) is 93.0 Å². The number of nitrogens with one attached hydrogen (secondary N) is 1. The van der Waals surface area contributed by atoms with Gasteiger partial charge in [-0.3, -0.25) is 0 Å². The molecule has 0 saturated carbocycles. The van der Waals surface area contributed by atoms with E-state index >= 15 is 0 Å². The zero-order valence-electron chi connectivity index (χ0n) is 10.7. The molecular weight excluding hydrogens is 233 g/mol. The van der Waals surface area contributed by atoms with Gasteiger partial charge < -0.3 is 25.6 Å². The van der Waals surface area contributed by atoms with Gasteiger partial charge in [0.25, 0.3) is 0 Å². The first-order valence-electron chi connectivity index (χ1n) is 5.97. The molecule has 6 heteroatoms. The highest BCUT2D eigenvalue weighted by Crippen LogP contribution is 2.14. The number of benzene rings is 1. The Bertz CT molecular complexity index is 281. The van der Waals surface area contributed by atoms with Crippen LogP contribution in [0.3, 0.4) is 0 Å². The summed E-state index contributed by atoms with van der Waals surface area (Å²) in [5, 5.41) is 36.7. The number of hydrogen-bond acceptors (Lipinski definition) is 5. The van der Waals surface area contributed by atoms with E-state index in [1.54, 1.807) is 6.92 Å². The second-order valence-electron chi connectivity index (χ2n) is 3.81. The summed E-state index contributed by atoms with van der Waals surface area (Å²) in [6, 6.07) is 9.43. The molecule has 0 bridgehead atoms. The Morgan fingerprint density at radius 2 is 1.56 bits per heavy atom. The summed E-state index contributed by atoms with van der Waals surface area (Å²) in [5.41, 5.74) is 0.947. The third-order valence-corrected chi connectivity index (χ3v) is 2.35. The predicted molar refractivity (Wildman–Crippen MR) is 72.1 cm³/mol. The van der Waals surface area contributed by atoms with E-state index in [1.807, 2.05) is 30.3 Å². The largest absolute Gasteiger partial charge is 0.459 e. The van der Waals surface area contributed by atoms with Gasteiger partial charge in [-0.1, -0.05) is 37.3 Å². The van der Waals surface area contributed by atoms with Crippen molar-refractivity contribution in [3.8, 4) is 0 Å². The zero-order valence-corrected chi connectivity index (χ0v) is 10.7. The van der Waals surface area contributed by atoms with Crippen LogP contribution >= 0.6 is 0 Å². The van der Waals surface area contributed by atoms with Gasteiger partial charge in [0.2, 0.25) is 0 Å². The van der Waals surface area contributed by atoms with Crippen molar-refractivity contribution in [2.24, 2.45) is 0 Å². The predicted octanol–water partition coefficient (Wildman–Crippen LogP) is -0.637. The monoisotopic (exact) mass is 255 g/mol. The average molecular weight is 255 g/mol. The van der Waals surface area contributed by atoms with Gasteiger partial charge in [0.05, 0.1) is 13.2 Å². The first kappa shape index (κ1) is 17.1. The molecular formula is C12H22BNO4. The summed E-state index contributed by atoms with van der Waals surface area (Å²) in [5.74, 6) is -0.212. The summed E-state index contributed by atoms with van der Waals surface area (Å²) in [4.78, 5) is 0. The standard InChI is InChI=1S/C8H11BO2.C4H11NO2/c1-7(9(10)11)8-5-3-2-4-6-8;6-3-1-5-2-4-7/h2-7,10-11H,1H3;5-7H,1-4H2/t7-;/m0./s1. The van der Waals surface area contributed by atoms with Crippen LogP contribution in [0.1, 0.15) is 18.3 Å². The molecule has 0 radical (unpaired) electrons. The lowest BCUT2D eigenvalue weighted by Gasteiger charge is -2.08. The lowest BCUT2D eigenvalue weighted by molar-refractivity contribution is 0.266. The van der Waals surface area contributed by atoms with Gasteiger partial charge in [0.1, 0.15) is 0 Å². The maximum atomic E-state index is 8.83. The molecule has 0 heterocycles. The van der Waals surface area contributed by atoms with E-state index in [-0.39, 0.29) is 19.0 Å². The molecule has 1 aromatic carbocycles. The molecule has 1 aromatic rings. The fraction of sp³-hybridized carbons (Fsp3) is 0.500. The minimum Gasteiger partial charge on any atom is -0.427 e. The lowest BCUT2D eigenvalue weighted by Crippen LogP contribution is -2.21. The van der Waals surface area contributed by atoms with Crippen molar-refractivity contribution >= 4 is 7.12 Å². The average Bonchev–Trinajstić information content (AvgIpc) is 2.40. The highest BCUT2D eigenvalue weighted by molar-refractivity contribution is 6.43. The Labute approximate surface area is 108 Å². The second-order valence-corrected chi connectivity index (χ2v) is 3.81. The minimum atomic E-state index is -1.27. The van der Waals surface area contributed by atoms with Crippen LogP contribution in [0.4, 0.5) is 0 Å². The lowest BCUT2D eigenvalue weighted by atomic mass is 9.70. The van der Waals surface area contributed by atoms with E-state index in [0.717, 1.165) is 5.56 Å². The van der Waals surface area contributed by atoms with Crippen molar-refractivity contribution in [2.75, 3.05) is 26.3 Å². The molecule has 102 valence electrons. The van der Waals surface area contributed by atoms with Crippen molar-refractivity contribution in [1.82, 2.24) is 5.32 Å². The number of rotatable bonds is 6. The van der Waals surface area contributed by atoms with Crippen molar-refractivity contribution < 1.29 is 20.3 Å². The normalized spacial score (nSPS) is 11.4. The summed E-state index contributed by atoms with van der Waals surface area (Å²) in [7, 11) is -1.27. The van der Waals surface area contributed by atoms with Gasteiger partial charge in [0, 0.05) is 18.9 Å². The highest BCUT2D eigenvalue weighted by Gasteiger charge is 2.18. The van der Waals surface area contributed by atoms with Gasteiger partial charge in [0.15, 0.2) is 0 Å². The Hall–Kier alpha value is -0.915. The van der Waals surface area contributed by atoms with E-state index in [0.29, 0.717) is 13.1 Å². The SMILES string of the molecule is C[C@H](B(O)O)c1ccccc1.OCCNCCO. The van der Waals surface area contributed by atoms with Gasteiger partial charge in [-0.05, 0) is 5.56 Å². The van der Waals surface area contributed by atoms with Gasteiger partial charge in [-0.2, -0.15) is 0 Å². The van der Waals surface area contributed by atoms with Crippen LogP contribution in [0.25, 0.3) is 0 Å². The van der Waals surface area contributed by atoms with Crippen LogP contribution in [-0.4, -0.2) is 53.7 Å². The molecule has 0 aliphatic carbocycles. The Kier molecular flexibility index (Phi) is 10.6. The molecule has 0 aliphatic heterocycles. The van der Waals surface area contributed by atoms with E-state index in [2.05, 4.69) is 5.32 Å². The highest BCUT2D eigenvalue weighted by atomic mass is 16.4. The molecule has 18 heavy (non-hydrogen) atoms. The number of aliphatic hydroxyl groups is 2. The molecule has 1 rings (SSSR count). The Balaban J connectivity index is 0.000000360. The van der Waals surface area contributed by atoms with E-state index < -0.39 is 7.12 Å². The second kappa shape index (κ2) is 11.2. The van der Waals surface area contributed by atoms with Crippen LogP contribution < -0.4 is 5.32 Å². The third kappa shape index (κ3) is 8.22. The Morgan fingerprint density at radius 1 is 1.06 bits per heavy atom. The quantitative estimate of drug-likeness (QED) is 0.344. The van der Waals surface area contributed by atoms with Crippen LogP contribution in [0, 0.1) is 0 Å². The fourth-order valence-electron chi connectivity index (χ4n) is 1.21. The van der Waals surface area contributed by atoms with Crippen molar-refractivity contribution in [2.45, 2.75) is 12.7 Å². The van der Waals surface area contributed by atoms with Crippen molar-refractivity contribution in [1.29, 1.82) is 0 Å². The van der Waals surface area contributed by atoms with Gasteiger partial charge in [-0.25, -0.2) is 0 Å². The fourth-order valence-corrected chi connectivity index (χ4v) is 1.21. The molecule has 0 unspecified atom stereocenters. The maximum Gasteiger partial charge on any atom is 0.459 e. The Morgan fingerprint density at radius 3 is 1.94 bits per heavy atom. The zero-order chi connectivity index (χ0) is 13.8. The van der Waals surface area contributed by atoms with Gasteiger partial charge >= 0.3 is 7.12 Å². The van der Waals surface area contributed by atoms with Crippen LogP contribution in [0.2, 0.25) is 0 Å². The summed E-state index contributed by atoms with van der Waals surface area (Å²) in [6.45, 7) is 3.20. The van der Waals surface area contributed by atoms with Gasteiger partial charge in [-0.15, -0.1) is 0 Å². The summed E-state index contributed by atoms with van der Waals surface area (Å²) < 4.78 is 0.